The molecule has 0 aliphatic carbocycles. The third kappa shape index (κ3) is 7.15. The number of thiophene rings is 1. The van der Waals surface area contributed by atoms with Crippen LogP contribution in [0.2, 0.25) is 0 Å². The number of hydrogen-bond acceptors (Lipinski definition) is 2. The van der Waals surface area contributed by atoms with Crippen LogP contribution in [-0.4, -0.2) is 5.71 Å². The van der Waals surface area contributed by atoms with E-state index in [4.69, 9.17) is 4.99 Å². The Bertz CT molecular complexity index is 3430. The van der Waals surface area contributed by atoms with Gasteiger partial charge in [-0.1, -0.05) is 165 Å². The van der Waals surface area contributed by atoms with Crippen LogP contribution in [0.3, 0.4) is 0 Å². The van der Waals surface area contributed by atoms with E-state index in [2.05, 4.69) is 223 Å². The molecule has 2 atom stereocenters. The van der Waals surface area contributed by atoms with Crippen molar-refractivity contribution < 1.29 is 0 Å². The summed E-state index contributed by atoms with van der Waals surface area (Å²) in [7, 11) is 0. The molecule has 1 heterocycles. The Morgan fingerprint density at radius 2 is 1.11 bits per heavy atom. The van der Waals surface area contributed by atoms with Crippen LogP contribution in [0.15, 0.2) is 205 Å². The summed E-state index contributed by atoms with van der Waals surface area (Å²) in [6.45, 7) is 15.8. The van der Waals surface area contributed by atoms with E-state index in [1.807, 2.05) is 11.3 Å². The first kappa shape index (κ1) is 39.3. The lowest BCUT2D eigenvalue weighted by Crippen LogP contribution is -2.09. The molecule has 0 aliphatic heterocycles. The Morgan fingerprint density at radius 1 is 0.516 bits per heavy atom. The molecule has 0 spiro atoms. The van der Waals surface area contributed by atoms with Crippen LogP contribution < -0.4 is 0 Å². The van der Waals surface area contributed by atoms with Gasteiger partial charge in [-0.15, -0.1) is 11.3 Å². The Morgan fingerprint density at radius 3 is 1.82 bits per heavy atom. The molecule has 62 heavy (non-hydrogen) atoms. The van der Waals surface area contributed by atoms with Crippen molar-refractivity contribution in [1.29, 1.82) is 0 Å². The summed E-state index contributed by atoms with van der Waals surface area (Å²) in [6, 6.07) is 66.6. The van der Waals surface area contributed by atoms with Crippen molar-refractivity contribution in [1.82, 2.24) is 0 Å². The molecule has 0 fully saturated rings. The number of allylic oxidation sites excluding steroid dienone is 2. The van der Waals surface area contributed by atoms with Gasteiger partial charge in [-0.2, -0.15) is 0 Å². The number of rotatable bonds is 9. The van der Waals surface area contributed by atoms with Gasteiger partial charge in [0.1, 0.15) is 0 Å². The summed E-state index contributed by atoms with van der Waals surface area (Å²) >= 11 is 1.93. The average molecular weight is 816 g/mol. The molecular formula is C60H49NS. The lowest BCUT2D eigenvalue weighted by atomic mass is 9.83. The zero-order valence-corrected chi connectivity index (χ0v) is 36.9. The van der Waals surface area contributed by atoms with Crippen molar-refractivity contribution in [3.63, 3.8) is 0 Å². The van der Waals surface area contributed by atoms with E-state index in [1.165, 1.54) is 91.4 Å². The van der Waals surface area contributed by atoms with Gasteiger partial charge in [-0.05, 0) is 152 Å². The molecule has 0 aliphatic rings. The third-order valence-electron chi connectivity index (χ3n) is 13.0. The maximum absolute atomic E-state index is 5.65. The lowest BCUT2D eigenvalue weighted by Gasteiger charge is -2.22. The molecule has 0 radical (unpaired) electrons. The van der Waals surface area contributed by atoms with E-state index >= 15 is 0 Å². The largest absolute Gasteiger partial charge is 0.272 e. The van der Waals surface area contributed by atoms with Crippen LogP contribution in [0.1, 0.15) is 73.0 Å². The van der Waals surface area contributed by atoms with Gasteiger partial charge < -0.3 is 0 Å². The number of benzene rings is 9. The van der Waals surface area contributed by atoms with Crippen molar-refractivity contribution in [3.05, 3.63) is 233 Å². The van der Waals surface area contributed by atoms with Gasteiger partial charge in [-0.25, -0.2) is 0 Å². The molecule has 1 aromatic heterocycles. The maximum atomic E-state index is 5.65. The Kier molecular flexibility index (Phi) is 10.3. The van der Waals surface area contributed by atoms with Gasteiger partial charge in [0.2, 0.25) is 0 Å². The lowest BCUT2D eigenvalue weighted by molar-refractivity contribution is 0.854. The van der Waals surface area contributed by atoms with Crippen LogP contribution in [0.25, 0.3) is 69.2 Å². The number of fused-ring (bicyclic) bond motifs is 6. The van der Waals surface area contributed by atoms with Gasteiger partial charge >= 0.3 is 0 Å². The standard InChI is InChI=1S/C60H49NS/c1-37(2)58(49-29-28-42-18-10-11-22-45(42)31-49)61-59(43-19-8-7-9-20-43)40(5)39(4)50-34-54(60-56(35-50)55-33-47-24-14-15-25-48(47)36-57(55)62-60)41(6)51-26-16-17-27-52(51)53-32-46-23-13-12-21-44(46)30-38(53)3/h7-36,41,58H,1H2,2-6H3/b40-39+,61-59+. The van der Waals surface area contributed by atoms with E-state index in [9.17, 15) is 0 Å². The fourth-order valence-electron chi connectivity index (χ4n) is 9.41. The van der Waals surface area contributed by atoms with E-state index < -0.39 is 0 Å². The van der Waals surface area contributed by atoms with Crippen molar-refractivity contribution in [2.75, 3.05) is 0 Å². The fraction of sp³-hybridized carbons (Fsp3) is 0.117. The highest BCUT2D eigenvalue weighted by Crippen LogP contribution is 2.45. The topological polar surface area (TPSA) is 12.4 Å². The highest BCUT2D eigenvalue weighted by Gasteiger charge is 2.23. The quantitative estimate of drug-likeness (QED) is 0.102. The number of aryl methyl sites for hydroxylation is 1. The monoisotopic (exact) mass is 815 g/mol. The smallest absolute Gasteiger partial charge is 0.0961 e. The summed E-state index contributed by atoms with van der Waals surface area (Å²) in [5.41, 5.74) is 14.3. The molecule has 0 saturated carbocycles. The van der Waals surface area contributed by atoms with Crippen LogP contribution in [-0.2, 0) is 0 Å². The molecule has 0 saturated heterocycles. The fourth-order valence-corrected chi connectivity index (χ4v) is 10.7. The van der Waals surface area contributed by atoms with Crippen LogP contribution in [0, 0.1) is 6.92 Å². The summed E-state index contributed by atoms with van der Waals surface area (Å²) in [5, 5.41) is 10.1. The summed E-state index contributed by atoms with van der Waals surface area (Å²) in [4.78, 5) is 5.65. The summed E-state index contributed by atoms with van der Waals surface area (Å²) < 4.78 is 2.66. The summed E-state index contributed by atoms with van der Waals surface area (Å²) in [6.07, 6.45) is 0. The first-order valence-electron chi connectivity index (χ1n) is 21.6. The first-order valence-corrected chi connectivity index (χ1v) is 22.5. The van der Waals surface area contributed by atoms with Crippen molar-refractivity contribution in [2.24, 2.45) is 4.99 Å². The van der Waals surface area contributed by atoms with Gasteiger partial charge in [0.05, 0.1) is 11.8 Å². The molecule has 10 rings (SSSR count). The first-order chi connectivity index (χ1) is 30.2. The molecule has 0 amide bonds. The molecule has 2 heteroatoms. The Labute approximate surface area is 369 Å². The SMILES string of the molecule is C=C(C)C(/N=C(\C(C)=C(/C)c1cc(C(C)c2ccccc2-c2cc3ccccc3cc2C)c2sc3cc4ccccc4cc3c2c1)c1ccccc1)c1ccc2ccccc2c1. The van der Waals surface area contributed by atoms with E-state index in [0.29, 0.717) is 0 Å². The molecule has 2 unspecified atom stereocenters. The highest BCUT2D eigenvalue weighted by molar-refractivity contribution is 7.26. The minimum atomic E-state index is -0.209. The molecular weight excluding hydrogens is 767 g/mol. The van der Waals surface area contributed by atoms with E-state index in [-0.39, 0.29) is 12.0 Å². The van der Waals surface area contributed by atoms with Gasteiger partial charge in [-0.3, -0.25) is 4.99 Å². The average Bonchev–Trinajstić information content (AvgIpc) is 3.67. The van der Waals surface area contributed by atoms with E-state index in [1.54, 1.807) is 0 Å². The molecule has 0 bridgehead atoms. The second-order valence-electron chi connectivity index (χ2n) is 17.0. The molecule has 300 valence electrons. The minimum absolute atomic E-state index is 0.109. The number of hydrogen-bond donors (Lipinski definition) is 0. The Balaban J connectivity index is 1.19. The zero-order chi connectivity index (χ0) is 42.5. The van der Waals surface area contributed by atoms with Gasteiger partial charge in [0, 0.05) is 26.1 Å². The molecule has 0 N–H and O–H groups in total. The van der Waals surface area contributed by atoms with Crippen molar-refractivity contribution in [2.45, 2.75) is 46.6 Å². The number of nitrogens with zero attached hydrogens (tertiary/aromatic N) is 1. The third-order valence-corrected chi connectivity index (χ3v) is 14.2. The van der Waals surface area contributed by atoms with Gasteiger partial charge in [0.15, 0.2) is 0 Å². The zero-order valence-electron chi connectivity index (χ0n) is 36.0. The van der Waals surface area contributed by atoms with Crippen LogP contribution in [0.4, 0.5) is 0 Å². The Hall–Kier alpha value is -6.87. The molecule has 9 aromatic carbocycles. The molecule has 10 aromatic rings. The predicted molar refractivity (Wildman–Crippen MR) is 271 cm³/mol. The van der Waals surface area contributed by atoms with Crippen molar-refractivity contribution >= 4 is 75.1 Å². The maximum Gasteiger partial charge on any atom is 0.0961 e. The van der Waals surface area contributed by atoms with Crippen LogP contribution in [0.5, 0.6) is 0 Å². The predicted octanol–water partition coefficient (Wildman–Crippen LogP) is 17.2. The number of aliphatic imine (C=N–C) groups is 1. The van der Waals surface area contributed by atoms with Gasteiger partial charge in [0.25, 0.3) is 0 Å². The second-order valence-corrected chi connectivity index (χ2v) is 18.1. The normalized spacial score (nSPS) is 13.5. The van der Waals surface area contributed by atoms with Crippen molar-refractivity contribution in [3.8, 4) is 11.1 Å². The minimum Gasteiger partial charge on any atom is -0.272 e. The van der Waals surface area contributed by atoms with Crippen LogP contribution >= 0.6 is 11.3 Å². The highest BCUT2D eigenvalue weighted by atomic mass is 32.1. The summed E-state index contributed by atoms with van der Waals surface area (Å²) in [5.74, 6) is 0.109. The molecule has 1 nitrogen and oxygen atoms in total. The van der Waals surface area contributed by atoms with E-state index in [0.717, 1.165) is 28.0 Å². The second kappa shape index (κ2) is 16.2.